The van der Waals surface area contributed by atoms with Gasteiger partial charge in [-0.25, -0.2) is 0 Å². The van der Waals surface area contributed by atoms with Crippen molar-refractivity contribution in [2.75, 3.05) is 13.6 Å². The molecule has 1 unspecified atom stereocenters. The molecule has 100 valence electrons. The first-order valence-corrected chi connectivity index (χ1v) is 6.05. The first-order valence-electron chi connectivity index (χ1n) is 6.05. The fourth-order valence-corrected chi connectivity index (χ4v) is 2.81. The molecule has 6 heteroatoms. The molecule has 1 saturated carbocycles. The fourth-order valence-electron chi connectivity index (χ4n) is 2.81. The molecule has 18 heavy (non-hydrogen) atoms. The quantitative estimate of drug-likeness (QED) is 0.723. The monoisotopic (exact) mass is 254 g/mol. The van der Waals surface area contributed by atoms with E-state index in [-0.39, 0.29) is 11.8 Å². The lowest BCUT2D eigenvalue weighted by molar-refractivity contribution is -0.140. The van der Waals surface area contributed by atoms with Gasteiger partial charge in [-0.15, -0.1) is 0 Å². The molecule has 2 amide bonds. The standard InChI is InChI=1S/C12H18N2O4/c1-12(2)7(8(12)11(17)18)9(15)13-6-4-5-14(3)10(6)16/h6-8H,4-5H2,1-3H3,(H,13,15)(H,17,18)/t6?,7-,8+/m1/s1. The third-order valence-corrected chi connectivity index (χ3v) is 4.12. The number of carboxylic acid groups (broad SMARTS) is 1. The van der Waals surface area contributed by atoms with Crippen molar-refractivity contribution < 1.29 is 19.5 Å². The van der Waals surface area contributed by atoms with Crippen LogP contribution in [0, 0.1) is 17.3 Å². The van der Waals surface area contributed by atoms with Crippen LogP contribution in [-0.4, -0.2) is 47.4 Å². The number of hydrogen-bond donors (Lipinski definition) is 2. The molecule has 1 heterocycles. The number of likely N-dealkylation sites (N-methyl/N-ethyl adjacent to an activating group) is 1. The Morgan fingerprint density at radius 1 is 1.39 bits per heavy atom. The number of hydrogen-bond acceptors (Lipinski definition) is 3. The maximum absolute atomic E-state index is 12.0. The normalized spacial score (nSPS) is 33.4. The minimum Gasteiger partial charge on any atom is -0.481 e. The van der Waals surface area contributed by atoms with Crippen molar-refractivity contribution in [3.8, 4) is 0 Å². The topological polar surface area (TPSA) is 86.7 Å². The maximum atomic E-state index is 12.0. The van der Waals surface area contributed by atoms with Crippen LogP contribution in [-0.2, 0) is 14.4 Å². The molecule has 6 nitrogen and oxygen atoms in total. The summed E-state index contributed by atoms with van der Waals surface area (Å²) in [6, 6.07) is -0.492. The van der Waals surface area contributed by atoms with Crippen LogP contribution in [0.4, 0.5) is 0 Å². The number of aliphatic carboxylic acids is 1. The number of carboxylic acids is 1. The SMILES string of the molecule is CN1CCC(NC(=O)[C@H]2[C@@H](C(=O)O)C2(C)C)C1=O. The summed E-state index contributed by atoms with van der Waals surface area (Å²) in [6.45, 7) is 4.15. The molecule has 1 saturated heterocycles. The van der Waals surface area contributed by atoms with Crippen LogP contribution >= 0.6 is 0 Å². The van der Waals surface area contributed by atoms with Gasteiger partial charge in [-0.05, 0) is 11.8 Å². The van der Waals surface area contributed by atoms with E-state index in [0.29, 0.717) is 13.0 Å². The molecule has 0 aromatic heterocycles. The van der Waals surface area contributed by atoms with Gasteiger partial charge >= 0.3 is 5.97 Å². The summed E-state index contributed by atoms with van der Waals surface area (Å²) < 4.78 is 0. The van der Waals surface area contributed by atoms with E-state index in [9.17, 15) is 14.4 Å². The lowest BCUT2D eigenvalue weighted by atomic mass is 10.1. The van der Waals surface area contributed by atoms with E-state index in [1.165, 1.54) is 0 Å². The van der Waals surface area contributed by atoms with Gasteiger partial charge in [0.2, 0.25) is 11.8 Å². The van der Waals surface area contributed by atoms with E-state index in [4.69, 9.17) is 5.11 Å². The summed E-state index contributed by atoms with van der Waals surface area (Å²) in [5, 5.41) is 11.7. The lowest BCUT2D eigenvalue weighted by Gasteiger charge is -2.12. The second kappa shape index (κ2) is 3.96. The van der Waals surface area contributed by atoms with Crippen molar-refractivity contribution >= 4 is 17.8 Å². The molecular formula is C12H18N2O4. The maximum Gasteiger partial charge on any atom is 0.307 e. The highest BCUT2D eigenvalue weighted by Crippen LogP contribution is 2.58. The average molecular weight is 254 g/mol. The van der Waals surface area contributed by atoms with Crippen LogP contribution in [0.1, 0.15) is 20.3 Å². The zero-order valence-electron chi connectivity index (χ0n) is 10.8. The number of amides is 2. The Labute approximate surface area is 105 Å². The van der Waals surface area contributed by atoms with E-state index in [1.54, 1.807) is 25.8 Å². The molecule has 0 bridgehead atoms. The Morgan fingerprint density at radius 3 is 2.39 bits per heavy atom. The highest BCUT2D eigenvalue weighted by atomic mass is 16.4. The molecule has 0 radical (unpaired) electrons. The molecule has 3 atom stereocenters. The molecule has 2 aliphatic rings. The minimum absolute atomic E-state index is 0.103. The number of nitrogens with one attached hydrogen (secondary N) is 1. The zero-order chi connectivity index (χ0) is 13.7. The summed E-state index contributed by atoms with van der Waals surface area (Å²) >= 11 is 0. The van der Waals surface area contributed by atoms with Crippen LogP contribution in [0.3, 0.4) is 0 Å². The second-order valence-corrected chi connectivity index (χ2v) is 5.72. The first kappa shape index (κ1) is 12.9. The van der Waals surface area contributed by atoms with Crippen LogP contribution in [0.2, 0.25) is 0 Å². The highest BCUT2D eigenvalue weighted by Gasteiger charge is 2.66. The van der Waals surface area contributed by atoms with Gasteiger partial charge in [-0.3, -0.25) is 14.4 Å². The molecule has 2 fully saturated rings. The molecule has 2 N–H and O–H groups in total. The van der Waals surface area contributed by atoms with Crippen molar-refractivity contribution in [1.82, 2.24) is 10.2 Å². The van der Waals surface area contributed by atoms with E-state index >= 15 is 0 Å². The van der Waals surface area contributed by atoms with E-state index in [2.05, 4.69) is 5.32 Å². The van der Waals surface area contributed by atoms with Crippen molar-refractivity contribution in [2.24, 2.45) is 17.3 Å². The van der Waals surface area contributed by atoms with Crippen LogP contribution in [0.5, 0.6) is 0 Å². The Kier molecular flexibility index (Phi) is 2.83. The second-order valence-electron chi connectivity index (χ2n) is 5.72. The number of rotatable bonds is 3. The van der Waals surface area contributed by atoms with Gasteiger partial charge in [0.25, 0.3) is 0 Å². The minimum atomic E-state index is -0.949. The van der Waals surface area contributed by atoms with Gasteiger partial charge < -0.3 is 15.3 Å². The third-order valence-electron chi connectivity index (χ3n) is 4.12. The van der Waals surface area contributed by atoms with E-state index < -0.39 is 29.3 Å². The summed E-state index contributed by atoms with van der Waals surface area (Å²) in [5.74, 6) is -2.55. The number of carbonyl (C=O) groups excluding carboxylic acids is 2. The van der Waals surface area contributed by atoms with Crippen LogP contribution in [0.25, 0.3) is 0 Å². The van der Waals surface area contributed by atoms with Gasteiger partial charge in [0, 0.05) is 13.6 Å². The van der Waals surface area contributed by atoms with Crippen molar-refractivity contribution in [1.29, 1.82) is 0 Å². The molecular weight excluding hydrogens is 236 g/mol. The van der Waals surface area contributed by atoms with Crippen molar-refractivity contribution in [2.45, 2.75) is 26.3 Å². The Morgan fingerprint density at radius 2 is 2.00 bits per heavy atom. The van der Waals surface area contributed by atoms with Crippen LogP contribution in [0.15, 0.2) is 0 Å². The summed E-state index contributed by atoms with van der Waals surface area (Å²) in [5.41, 5.74) is -0.524. The predicted molar refractivity (Wildman–Crippen MR) is 62.6 cm³/mol. The third kappa shape index (κ3) is 1.85. The number of nitrogens with zero attached hydrogens (tertiary/aromatic N) is 1. The van der Waals surface area contributed by atoms with Gasteiger partial charge in [0.15, 0.2) is 0 Å². The molecule has 1 aliphatic heterocycles. The van der Waals surface area contributed by atoms with E-state index in [0.717, 1.165) is 0 Å². The predicted octanol–water partition coefficient (Wildman–Crippen LogP) is -0.310. The number of carbonyl (C=O) groups is 3. The molecule has 0 aromatic carbocycles. The zero-order valence-corrected chi connectivity index (χ0v) is 10.8. The highest BCUT2D eigenvalue weighted by molar-refractivity contribution is 5.95. The average Bonchev–Trinajstić information content (AvgIpc) is 2.73. The Balaban J connectivity index is 1.98. The first-order chi connectivity index (χ1) is 8.26. The summed E-state index contributed by atoms with van der Waals surface area (Å²) in [4.78, 5) is 36.2. The van der Waals surface area contributed by atoms with Crippen LogP contribution < -0.4 is 5.32 Å². The van der Waals surface area contributed by atoms with Gasteiger partial charge in [-0.1, -0.05) is 13.8 Å². The summed E-state index contributed by atoms with van der Waals surface area (Å²) in [7, 11) is 1.69. The summed E-state index contributed by atoms with van der Waals surface area (Å²) in [6.07, 6.45) is 0.589. The molecule has 1 aliphatic carbocycles. The van der Waals surface area contributed by atoms with E-state index in [1.807, 2.05) is 0 Å². The lowest BCUT2D eigenvalue weighted by Crippen LogP contribution is -2.42. The van der Waals surface area contributed by atoms with Gasteiger partial charge in [0.1, 0.15) is 6.04 Å². The van der Waals surface area contributed by atoms with Gasteiger partial charge in [0.05, 0.1) is 11.8 Å². The van der Waals surface area contributed by atoms with Gasteiger partial charge in [-0.2, -0.15) is 0 Å². The fraction of sp³-hybridized carbons (Fsp3) is 0.750. The Hall–Kier alpha value is -1.59. The molecule has 0 spiro atoms. The van der Waals surface area contributed by atoms with Crippen molar-refractivity contribution in [3.63, 3.8) is 0 Å². The Bertz CT molecular complexity index is 418. The molecule has 2 rings (SSSR count). The number of likely N-dealkylation sites (tertiary alicyclic amines) is 1. The molecule has 0 aromatic rings. The largest absolute Gasteiger partial charge is 0.481 e. The smallest absolute Gasteiger partial charge is 0.307 e. The van der Waals surface area contributed by atoms with Crippen molar-refractivity contribution in [3.05, 3.63) is 0 Å².